The Labute approximate surface area is 182 Å². The van der Waals surface area contributed by atoms with Crippen molar-refractivity contribution >= 4 is 39.3 Å². The van der Waals surface area contributed by atoms with Gasteiger partial charge in [0.25, 0.3) is 5.91 Å². The van der Waals surface area contributed by atoms with Crippen molar-refractivity contribution in [3.05, 3.63) is 45.5 Å². The first-order chi connectivity index (χ1) is 13.8. The van der Waals surface area contributed by atoms with Crippen LogP contribution in [0.5, 0.6) is 0 Å². The SMILES string of the molecule is CC(C)(C#Cc1nccc(NC(=O)c2cc(Br)cnc2Cl)n1)OC1CCCCO1. The van der Waals surface area contributed by atoms with Crippen molar-refractivity contribution in [3.8, 4) is 11.8 Å². The molecule has 1 unspecified atom stereocenters. The lowest BCUT2D eigenvalue weighted by atomic mass is 10.1. The monoisotopic (exact) mass is 478 g/mol. The molecule has 29 heavy (non-hydrogen) atoms. The molecular formula is C20H20BrClN4O3. The summed E-state index contributed by atoms with van der Waals surface area (Å²) < 4.78 is 12.2. The maximum absolute atomic E-state index is 12.5. The van der Waals surface area contributed by atoms with Crippen molar-refractivity contribution in [1.82, 2.24) is 15.0 Å². The second-order valence-electron chi connectivity index (χ2n) is 6.89. The number of halogens is 2. The average Bonchev–Trinajstić information content (AvgIpc) is 2.69. The van der Waals surface area contributed by atoms with Crippen molar-refractivity contribution < 1.29 is 14.3 Å². The fourth-order valence-corrected chi connectivity index (χ4v) is 3.14. The molecule has 0 bridgehead atoms. The summed E-state index contributed by atoms with van der Waals surface area (Å²) in [6, 6.07) is 3.15. The van der Waals surface area contributed by atoms with Crippen LogP contribution in [-0.2, 0) is 9.47 Å². The number of carbonyl (C=O) groups is 1. The van der Waals surface area contributed by atoms with E-state index in [9.17, 15) is 4.79 Å². The van der Waals surface area contributed by atoms with Gasteiger partial charge in [0.05, 0.1) is 5.56 Å². The standard InChI is InChI=1S/C20H20BrClN4O3/c1-20(2,29-17-5-3-4-10-28-17)8-6-15-23-9-7-16(25-15)26-19(27)14-11-13(21)12-24-18(14)22/h7,9,11-12,17H,3-5,10H2,1-2H3,(H,23,25,26,27). The van der Waals surface area contributed by atoms with Crippen LogP contribution < -0.4 is 5.32 Å². The molecule has 0 aromatic carbocycles. The lowest BCUT2D eigenvalue weighted by Gasteiger charge is -2.29. The molecule has 1 N–H and O–H groups in total. The van der Waals surface area contributed by atoms with Crippen LogP contribution in [0.15, 0.2) is 29.0 Å². The minimum absolute atomic E-state index is 0.101. The third kappa shape index (κ3) is 6.47. The van der Waals surface area contributed by atoms with E-state index in [4.69, 9.17) is 21.1 Å². The number of pyridine rings is 1. The summed E-state index contributed by atoms with van der Waals surface area (Å²) in [5, 5.41) is 2.78. The molecule has 9 heteroatoms. The van der Waals surface area contributed by atoms with Crippen molar-refractivity contribution in [2.75, 3.05) is 11.9 Å². The topological polar surface area (TPSA) is 86.2 Å². The highest BCUT2D eigenvalue weighted by molar-refractivity contribution is 9.10. The number of rotatable bonds is 4. The van der Waals surface area contributed by atoms with E-state index in [1.165, 1.54) is 12.4 Å². The molecule has 1 fully saturated rings. The zero-order chi connectivity index (χ0) is 20.9. The first-order valence-corrected chi connectivity index (χ1v) is 10.3. The van der Waals surface area contributed by atoms with Crippen LogP contribution in [0, 0.1) is 11.8 Å². The highest BCUT2D eigenvalue weighted by atomic mass is 79.9. The Bertz CT molecular complexity index is 952. The Kier molecular flexibility index (Phi) is 7.19. The number of hydrogen-bond acceptors (Lipinski definition) is 6. The van der Waals surface area contributed by atoms with Gasteiger partial charge >= 0.3 is 0 Å². The van der Waals surface area contributed by atoms with Crippen LogP contribution in [0.3, 0.4) is 0 Å². The van der Waals surface area contributed by atoms with Gasteiger partial charge in [0.15, 0.2) is 6.29 Å². The van der Waals surface area contributed by atoms with Gasteiger partial charge < -0.3 is 14.8 Å². The molecular weight excluding hydrogens is 460 g/mol. The van der Waals surface area contributed by atoms with Crippen LogP contribution >= 0.6 is 27.5 Å². The van der Waals surface area contributed by atoms with Gasteiger partial charge in [-0.2, -0.15) is 0 Å². The van der Waals surface area contributed by atoms with Crippen LogP contribution in [0.25, 0.3) is 0 Å². The number of ether oxygens (including phenoxy) is 2. The number of nitrogens with zero attached hydrogens (tertiary/aromatic N) is 3. The number of nitrogens with one attached hydrogen (secondary N) is 1. The fourth-order valence-electron chi connectivity index (χ4n) is 2.62. The predicted octanol–water partition coefficient (Wildman–Crippen LogP) is 4.21. The van der Waals surface area contributed by atoms with Crippen molar-refractivity contribution in [2.24, 2.45) is 0 Å². The lowest BCUT2D eigenvalue weighted by Crippen LogP contribution is -2.33. The minimum Gasteiger partial charge on any atom is -0.353 e. The smallest absolute Gasteiger partial charge is 0.259 e. The lowest BCUT2D eigenvalue weighted by molar-refractivity contribution is -0.199. The molecule has 1 amide bonds. The van der Waals surface area contributed by atoms with Crippen LogP contribution in [0.2, 0.25) is 5.15 Å². The third-order valence-electron chi connectivity index (χ3n) is 3.99. The number of carbonyl (C=O) groups excluding carboxylic acids is 1. The molecule has 0 spiro atoms. The van der Waals surface area contributed by atoms with Gasteiger partial charge in [-0.15, -0.1) is 0 Å². The summed E-state index contributed by atoms with van der Waals surface area (Å²) in [5.41, 5.74) is -0.491. The number of hydrogen-bond donors (Lipinski definition) is 1. The van der Waals surface area contributed by atoms with Crippen molar-refractivity contribution in [3.63, 3.8) is 0 Å². The maximum Gasteiger partial charge on any atom is 0.259 e. The summed E-state index contributed by atoms with van der Waals surface area (Å²) in [5.74, 6) is 6.06. The second-order valence-corrected chi connectivity index (χ2v) is 8.16. The molecule has 1 aliphatic rings. The predicted molar refractivity (Wildman–Crippen MR) is 113 cm³/mol. The van der Waals surface area contributed by atoms with Crippen LogP contribution in [0.4, 0.5) is 5.82 Å². The largest absolute Gasteiger partial charge is 0.353 e. The van der Waals surface area contributed by atoms with E-state index in [1.54, 1.807) is 12.1 Å². The van der Waals surface area contributed by atoms with Gasteiger partial charge in [-0.1, -0.05) is 17.5 Å². The minimum atomic E-state index is -0.722. The first-order valence-electron chi connectivity index (χ1n) is 9.10. The molecule has 3 rings (SSSR count). The van der Waals surface area contributed by atoms with E-state index >= 15 is 0 Å². The summed E-state index contributed by atoms with van der Waals surface area (Å²) in [7, 11) is 0. The Morgan fingerprint density at radius 2 is 2.24 bits per heavy atom. The molecule has 3 heterocycles. The van der Waals surface area contributed by atoms with Crippen LogP contribution in [0.1, 0.15) is 49.3 Å². The van der Waals surface area contributed by atoms with Crippen molar-refractivity contribution in [2.45, 2.75) is 45.0 Å². The molecule has 2 aromatic heterocycles. The Balaban J connectivity index is 1.69. The quantitative estimate of drug-likeness (QED) is 0.522. The number of aromatic nitrogens is 3. The molecule has 152 valence electrons. The molecule has 0 aliphatic carbocycles. The summed E-state index contributed by atoms with van der Waals surface area (Å²) >= 11 is 9.27. The number of anilines is 1. The van der Waals surface area contributed by atoms with E-state index in [0.29, 0.717) is 16.9 Å². The van der Waals surface area contributed by atoms with E-state index < -0.39 is 11.5 Å². The highest BCUT2D eigenvalue weighted by Crippen LogP contribution is 2.21. The Hall–Kier alpha value is -2.05. The normalized spacial score (nSPS) is 16.6. The summed E-state index contributed by atoms with van der Waals surface area (Å²) in [6.07, 6.45) is 5.78. The van der Waals surface area contributed by atoms with Gasteiger partial charge in [-0.3, -0.25) is 4.79 Å². The van der Waals surface area contributed by atoms with Gasteiger partial charge in [0.2, 0.25) is 5.82 Å². The van der Waals surface area contributed by atoms with E-state index in [0.717, 1.165) is 19.3 Å². The number of amides is 1. The summed E-state index contributed by atoms with van der Waals surface area (Å²) in [4.78, 5) is 24.8. The first kappa shape index (κ1) is 21.7. The van der Waals surface area contributed by atoms with Crippen molar-refractivity contribution in [1.29, 1.82) is 0 Å². The molecule has 7 nitrogen and oxygen atoms in total. The van der Waals surface area contributed by atoms with E-state index in [-0.39, 0.29) is 22.8 Å². The van der Waals surface area contributed by atoms with Crippen LogP contribution in [-0.4, -0.2) is 39.4 Å². The Morgan fingerprint density at radius 3 is 3.00 bits per heavy atom. The highest BCUT2D eigenvalue weighted by Gasteiger charge is 2.24. The molecule has 0 radical (unpaired) electrons. The molecule has 1 aliphatic heterocycles. The zero-order valence-electron chi connectivity index (χ0n) is 16.0. The fraction of sp³-hybridized carbons (Fsp3) is 0.400. The Morgan fingerprint density at radius 1 is 1.41 bits per heavy atom. The molecule has 1 atom stereocenters. The van der Waals surface area contributed by atoms with Gasteiger partial charge in [0.1, 0.15) is 16.6 Å². The average molecular weight is 480 g/mol. The van der Waals surface area contributed by atoms with E-state index in [1.807, 2.05) is 13.8 Å². The van der Waals surface area contributed by atoms with Gasteiger partial charge in [-0.05, 0) is 67.1 Å². The second kappa shape index (κ2) is 9.63. The summed E-state index contributed by atoms with van der Waals surface area (Å²) in [6.45, 7) is 4.44. The third-order valence-corrected chi connectivity index (χ3v) is 4.72. The molecule has 0 saturated carbocycles. The maximum atomic E-state index is 12.5. The van der Waals surface area contributed by atoms with E-state index in [2.05, 4.69) is 48.0 Å². The molecule has 2 aromatic rings. The zero-order valence-corrected chi connectivity index (χ0v) is 18.4. The van der Waals surface area contributed by atoms with Gasteiger partial charge in [-0.25, -0.2) is 15.0 Å². The van der Waals surface area contributed by atoms with Gasteiger partial charge in [0, 0.05) is 23.5 Å². The molecule has 1 saturated heterocycles.